The lowest BCUT2D eigenvalue weighted by Crippen LogP contribution is -2.53. The van der Waals surface area contributed by atoms with Gasteiger partial charge in [0.15, 0.2) is 0 Å². The van der Waals surface area contributed by atoms with Crippen molar-refractivity contribution < 1.29 is 8.78 Å². The van der Waals surface area contributed by atoms with Gasteiger partial charge in [-0.1, -0.05) is 23.7 Å². The lowest BCUT2D eigenvalue weighted by Gasteiger charge is -2.47. The zero-order valence-electron chi connectivity index (χ0n) is 9.06. The fourth-order valence-corrected chi connectivity index (χ4v) is 2.51. The Morgan fingerprint density at radius 1 is 1.38 bits per heavy atom. The molecule has 16 heavy (non-hydrogen) atoms. The average Bonchev–Trinajstić information content (AvgIpc) is 2.18. The van der Waals surface area contributed by atoms with Gasteiger partial charge < -0.3 is 5.73 Å². The molecular weight excluding hydrogens is 232 g/mol. The Morgan fingerprint density at radius 2 is 2.00 bits per heavy atom. The van der Waals surface area contributed by atoms with Crippen LogP contribution in [0.2, 0.25) is 5.02 Å². The van der Waals surface area contributed by atoms with E-state index in [1.165, 1.54) is 0 Å². The molecule has 0 atom stereocenters. The third-order valence-corrected chi connectivity index (χ3v) is 3.78. The maximum Gasteiger partial charge on any atom is 0.250 e. The quantitative estimate of drug-likeness (QED) is 0.850. The summed E-state index contributed by atoms with van der Waals surface area (Å²) in [6.45, 7) is 2.12. The average molecular weight is 246 g/mol. The zero-order chi connectivity index (χ0) is 12.0. The van der Waals surface area contributed by atoms with E-state index >= 15 is 0 Å². The normalized spacial score (nSPS) is 21.6. The number of hydrogen-bond acceptors (Lipinski definition) is 1. The smallest absolute Gasteiger partial charge is 0.250 e. The van der Waals surface area contributed by atoms with E-state index in [4.69, 9.17) is 17.3 Å². The summed E-state index contributed by atoms with van der Waals surface area (Å²) in [6, 6.07) is 5.47. The van der Waals surface area contributed by atoms with Crippen molar-refractivity contribution >= 4 is 11.6 Å². The largest absolute Gasteiger partial charge is 0.330 e. The molecule has 1 aliphatic carbocycles. The van der Waals surface area contributed by atoms with Gasteiger partial charge in [0.25, 0.3) is 0 Å². The minimum absolute atomic E-state index is 0.171. The number of halogens is 3. The van der Waals surface area contributed by atoms with E-state index in [-0.39, 0.29) is 19.4 Å². The maximum atomic E-state index is 13.0. The Hall–Kier alpha value is -0.670. The Bertz CT molecular complexity index is 409. The van der Waals surface area contributed by atoms with E-state index in [0.717, 1.165) is 11.1 Å². The van der Waals surface area contributed by atoms with Crippen LogP contribution in [0.5, 0.6) is 0 Å². The Balaban J connectivity index is 2.32. The molecule has 1 nitrogen and oxygen atoms in total. The Morgan fingerprint density at radius 3 is 2.44 bits per heavy atom. The number of benzene rings is 1. The lowest BCUT2D eigenvalue weighted by atomic mass is 9.62. The van der Waals surface area contributed by atoms with Crippen LogP contribution >= 0.6 is 11.6 Å². The molecule has 0 unspecified atom stereocenters. The van der Waals surface area contributed by atoms with Crippen LogP contribution in [-0.2, 0) is 5.41 Å². The van der Waals surface area contributed by atoms with Crippen LogP contribution < -0.4 is 5.73 Å². The molecule has 88 valence electrons. The third-order valence-electron chi connectivity index (χ3n) is 3.37. The number of rotatable bonds is 2. The molecule has 0 aromatic heterocycles. The molecule has 4 heteroatoms. The summed E-state index contributed by atoms with van der Waals surface area (Å²) in [5.41, 5.74) is 6.83. The van der Waals surface area contributed by atoms with Crippen molar-refractivity contribution in [2.24, 2.45) is 5.73 Å². The summed E-state index contributed by atoms with van der Waals surface area (Å²) in [5.74, 6) is -2.57. The van der Waals surface area contributed by atoms with Gasteiger partial charge in [-0.15, -0.1) is 0 Å². The Labute approximate surface area is 98.6 Å². The van der Waals surface area contributed by atoms with Crippen LogP contribution in [0, 0.1) is 6.92 Å². The van der Waals surface area contributed by atoms with Crippen molar-refractivity contribution in [2.75, 3.05) is 6.54 Å². The minimum Gasteiger partial charge on any atom is -0.330 e. The first-order chi connectivity index (χ1) is 7.38. The van der Waals surface area contributed by atoms with Gasteiger partial charge in [-0.25, -0.2) is 8.78 Å². The van der Waals surface area contributed by atoms with E-state index in [9.17, 15) is 8.78 Å². The second-order valence-electron chi connectivity index (χ2n) is 4.66. The molecule has 0 spiro atoms. The van der Waals surface area contributed by atoms with Gasteiger partial charge >= 0.3 is 0 Å². The summed E-state index contributed by atoms with van der Waals surface area (Å²) in [6.07, 6.45) is -0.341. The topological polar surface area (TPSA) is 26.0 Å². The second kappa shape index (κ2) is 3.67. The first-order valence-electron chi connectivity index (χ1n) is 5.23. The molecule has 0 saturated heterocycles. The molecule has 0 heterocycles. The highest BCUT2D eigenvalue weighted by molar-refractivity contribution is 6.31. The van der Waals surface area contributed by atoms with Gasteiger partial charge in [-0.3, -0.25) is 0 Å². The van der Waals surface area contributed by atoms with E-state index in [0.29, 0.717) is 5.02 Å². The van der Waals surface area contributed by atoms with Crippen molar-refractivity contribution in [1.29, 1.82) is 0 Å². The van der Waals surface area contributed by atoms with Crippen molar-refractivity contribution in [3.8, 4) is 0 Å². The van der Waals surface area contributed by atoms with Gasteiger partial charge in [0.1, 0.15) is 0 Å². The van der Waals surface area contributed by atoms with E-state index in [2.05, 4.69) is 0 Å². The third kappa shape index (κ3) is 1.82. The fraction of sp³-hybridized carbons (Fsp3) is 0.500. The lowest BCUT2D eigenvalue weighted by molar-refractivity contribution is -0.123. The molecule has 0 radical (unpaired) electrons. The molecule has 1 fully saturated rings. The van der Waals surface area contributed by atoms with Crippen molar-refractivity contribution in [3.05, 3.63) is 34.3 Å². The molecule has 0 amide bonds. The zero-order valence-corrected chi connectivity index (χ0v) is 9.82. The molecule has 1 saturated carbocycles. The summed E-state index contributed by atoms with van der Waals surface area (Å²) in [4.78, 5) is 0. The standard InChI is InChI=1S/C12H14ClF2N/c1-8-2-3-9(4-10(8)13)11(7-16)5-12(14,15)6-11/h2-4H,5-7,16H2,1H3. The van der Waals surface area contributed by atoms with E-state index in [1.807, 2.05) is 19.1 Å². The summed E-state index contributed by atoms with van der Waals surface area (Å²) in [5, 5.41) is 0.612. The first-order valence-corrected chi connectivity index (χ1v) is 5.61. The van der Waals surface area contributed by atoms with Crippen molar-refractivity contribution in [3.63, 3.8) is 0 Å². The SMILES string of the molecule is Cc1ccc(C2(CN)CC(F)(F)C2)cc1Cl. The highest BCUT2D eigenvalue weighted by Crippen LogP contribution is 2.53. The van der Waals surface area contributed by atoms with Gasteiger partial charge in [0.2, 0.25) is 5.92 Å². The number of alkyl halides is 2. The highest BCUT2D eigenvalue weighted by atomic mass is 35.5. The van der Waals surface area contributed by atoms with Crippen LogP contribution in [0.4, 0.5) is 8.78 Å². The number of aryl methyl sites for hydroxylation is 1. The molecule has 1 aromatic rings. The molecule has 1 aliphatic rings. The van der Waals surface area contributed by atoms with Gasteiger partial charge in [-0.05, 0) is 24.1 Å². The molecule has 0 bridgehead atoms. The number of hydrogen-bond donors (Lipinski definition) is 1. The van der Waals surface area contributed by atoms with Gasteiger partial charge in [0, 0.05) is 29.8 Å². The van der Waals surface area contributed by atoms with E-state index in [1.54, 1.807) is 6.07 Å². The monoisotopic (exact) mass is 245 g/mol. The minimum atomic E-state index is -2.57. The van der Waals surface area contributed by atoms with Crippen molar-refractivity contribution in [1.82, 2.24) is 0 Å². The predicted octanol–water partition coefficient (Wildman–Crippen LogP) is 3.27. The fourth-order valence-electron chi connectivity index (χ4n) is 2.33. The highest BCUT2D eigenvalue weighted by Gasteiger charge is 2.56. The molecule has 2 rings (SSSR count). The Kier molecular flexibility index (Phi) is 2.71. The summed E-state index contributed by atoms with van der Waals surface area (Å²) >= 11 is 6.00. The maximum absolute atomic E-state index is 13.0. The summed E-state index contributed by atoms with van der Waals surface area (Å²) < 4.78 is 26.0. The second-order valence-corrected chi connectivity index (χ2v) is 5.07. The molecule has 1 aromatic carbocycles. The van der Waals surface area contributed by atoms with Crippen LogP contribution in [0.1, 0.15) is 24.0 Å². The molecule has 0 aliphatic heterocycles. The molecule has 2 N–H and O–H groups in total. The van der Waals surface area contributed by atoms with Gasteiger partial charge in [-0.2, -0.15) is 0 Å². The summed E-state index contributed by atoms with van der Waals surface area (Å²) in [7, 11) is 0. The van der Waals surface area contributed by atoms with Crippen molar-refractivity contribution in [2.45, 2.75) is 31.1 Å². The van der Waals surface area contributed by atoms with E-state index < -0.39 is 11.3 Å². The van der Waals surface area contributed by atoms with Crippen LogP contribution in [0.15, 0.2) is 18.2 Å². The first kappa shape index (κ1) is 11.8. The van der Waals surface area contributed by atoms with Crippen LogP contribution in [-0.4, -0.2) is 12.5 Å². The van der Waals surface area contributed by atoms with Crippen LogP contribution in [0.3, 0.4) is 0 Å². The molecular formula is C12H14ClF2N. The van der Waals surface area contributed by atoms with Crippen LogP contribution in [0.25, 0.3) is 0 Å². The predicted molar refractivity (Wildman–Crippen MR) is 61.1 cm³/mol. The van der Waals surface area contributed by atoms with Gasteiger partial charge in [0.05, 0.1) is 0 Å². The number of nitrogens with two attached hydrogens (primary N) is 1.